The SMILES string of the molecule is COc1ccccc1OC(=O)Oc1ccc([N+](=O)[O-])cc1C. The molecule has 0 heterocycles. The number of methoxy groups -OCH3 is 1. The molecule has 7 heteroatoms. The normalized spacial score (nSPS) is 9.91. The molecule has 0 fully saturated rings. The Bertz CT molecular complexity index is 713. The van der Waals surface area contributed by atoms with Crippen molar-refractivity contribution in [2.75, 3.05) is 7.11 Å². The molecule has 2 aromatic rings. The van der Waals surface area contributed by atoms with Crippen LogP contribution in [0, 0.1) is 17.0 Å². The molecule has 0 amide bonds. The van der Waals surface area contributed by atoms with E-state index in [0.29, 0.717) is 11.3 Å². The summed E-state index contributed by atoms with van der Waals surface area (Å²) in [5, 5.41) is 10.7. The summed E-state index contributed by atoms with van der Waals surface area (Å²) in [7, 11) is 1.45. The van der Waals surface area contributed by atoms with Gasteiger partial charge in [-0.15, -0.1) is 0 Å². The van der Waals surface area contributed by atoms with Crippen LogP contribution in [0.25, 0.3) is 0 Å². The van der Waals surface area contributed by atoms with Gasteiger partial charge in [0.15, 0.2) is 11.5 Å². The Morgan fingerprint density at radius 2 is 1.68 bits per heavy atom. The summed E-state index contributed by atoms with van der Waals surface area (Å²) in [6, 6.07) is 10.5. The average Bonchev–Trinajstić information content (AvgIpc) is 2.49. The Balaban J connectivity index is 2.11. The van der Waals surface area contributed by atoms with Crippen LogP contribution in [0.4, 0.5) is 10.5 Å². The Morgan fingerprint density at radius 1 is 1.05 bits per heavy atom. The third-order valence-electron chi connectivity index (χ3n) is 2.82. The number of aryl methyl sites for hydroxylation is 1. The molecule has 0 atom stereocenters. The van der Waals surface area contributed by atoms with Gasteiger partial charge in [0.2, 0.25) is 0 Å². The lowest BCUT2D eigenvalue weighted by Gasteiger charge is -2.10. The first-order valence-corrected chi connectivity index (χ1v) is 6.29. The number of non-ortho nitro benzene ring substituents is 1. The molecule has 2 rings (SSSR count). The molecule has 0 spiro atoms. The highest BCUT2D eigenvalue weighted by molar-refractivity contribution is 5.69. The van der Waals surface area contributed by atoms with Crippen molar-refractivity contribution in [2.24, 2.45) is 0 Å². The lowest BCUT2D eigenvalue weighted by atomic mass is 10.2. The maximum Gasteiger partial charge on any atom is 0.519 e. The molecule has 0 aliphatic carbocycles. The van der Waals surface area contributed by atoms with Gasteiger partial charge in [0.1, 0.15) is 5.75 Å². The lowest BCUT2D eigenvalue weighted by Crippen LogP contribution is -2.14. The van der Waals surface area contributed by atoms with Gasteiger partial charge >= 0.3 is 6.16 Å². The van der Waals surface area contributed by atoms with E-state index in [1.807, 2.05) is 0 Å². The summed E-state index contributed by atoms with van der Waals surface area (Å²) in [6.45, 7) is 1.60. The Kier molecular flexibility index (Phi) is 4.57. The largest absolute Gasteiger partial charge is 0.519 e. The van der Waals surface area contributed by atoms with E-state index < -0.39 is 11.1 Å². The van der Waals surface area contributed by atoms with Gasteiger partial charge in [-0.3, -0.25) is 10.1 Å². The fourth-order valence-electron chi connectivity index (χ4n) is 1.77. The number of hydrogen-bond acceptors (Lipinski definition) is 6. The van der Waals surface area contributed by atoms with Crippen molar-refractivity contribution in [3.8, 4) is 17.2 Å². The zero-order valence-corrected chi connectivity index (χ0v) is 11.9. The quantitative estimate of drug-likeness (QED) is 0.372. The predicted molar refractivity (Wildman–Crippen MR) is 77.5 cm³/mol. The van der Waals surface area contributed by atoms with Crippen LogP contribution in [-0.4, -0.2) is 18.2 Å². The van der Waals surface area contributed by atoms with Gasteiger partial charge in [0.25, 0.3) is 5.69 Å². The maximum absolute atomic E-state index is 11.8. The van der Waals surface area contributed by atoms with Gasteiger partial charge in [0, 0.05) is 12.1 Å². The first kappa shape index (κ1) is 15.3. The number of ether oxygens (including phenoxy) is 3. The summed E-state index contributed by atoms with van der Waals surface area (Å²) in [4.78, 5) is 21.9. The van der Waals surface area contributed by atoms with Gasteiger partial charge in [-0.2, -0.15) is 0 Å². The molecule has 0 bridgehead atoms. The van der Waals surface area contributed by atoms with Crippen LogP contribution in [0.2, 0.25) is 0 Å². The fraction of sp³-hybridized carbons (Fsp3) is 0.133. The van der Waals surface area contributed by atoms with E-state index in [2.05, 4.69) is 0 Å². The summed E-state index contributed by atoms with van der Waals surface area (Å²) in [5.74, 6) is 0.792. The van der Waals surface area contributed by atoms with Crippen LogP contribution >= 0.6 is 0 Å². The lowest BCUT2D eigenvalue weighted by molar-refractivity contribution is -0.384. The standard InChI is InChI=1S/C15H13NO6/c1-10-9-11(16(18)19)7-8-12(10)21-15(17)22-14-6-4-3-5-13(14)20-2/h3-9H,1-2H3. The molecular formula is C15H13NO6. The van der Waals surface area contributed by atoms with Crippen LogP contribution < -0.4 is 14.2 Å². The van der Waals surface area contributed by atoms with Crippen LogP contribution in [0.3, 0.4) is 0 Å². The van der Waals surface area contributed by atoms with Crippen molar-refractivity contribution in [1.82, 2.24) is 0 Å². The average molecular weight is 303 g/mol. The number of carbonyl (C=O) groups is 1. The van der Waals surface area contributed by atoms with Gasteiger partial charge in [-0.1, -0.05) is 12.1 Å². The molecule has 0 unspecified atom stereocenters. The van der Waals surface area contributed by atoms with Crippen LogP contribution in [0.1, 0.15) is 5.56 Å². The van der Waals surface area contributed by atoms with Crippen molar-refractivity contribution in [2.45, 2.75) is 6.92 Å². The van der Waals surface area contributed by atoms with Crippen molar-refractivity contribution in [3.05, 3.63) is 58.1 Å². The smallest absolute Gasteiger partial charge is 0.493 e. The second kappa shape index (κ2) is 6.57. The molecule has 7 nitrogen and oxygen atoms in total. The third kappa shape index (κ3) is 3.51. The van der Waals surface area contributed by atoms with Crippen molar-refractivity contribution in [3.63, 3.8) is 0 Å². The van der Waals surface area contributed by atoms with E-state index in [9.17, 15) is 14.9 Å². The van der Waals surface area contributed by atoms with E-state index in [1.165, 1.54) is 25.3 Å². The van der Waals surface area contributed by atoms with E-state index >= 15 is 0 Å². The molecule has 0 saturated carbocycles. The van der Waals surface area contributed by atoms with Crippen LogP contribution in [-0.2, 0) is 0 Å². The highest BCUT2D eigenvalue weighted by Crippen LogP contribution is 2.27. The van der Waals surface area contributed by atoms with E-state index in [4.69, 9.17) is 14.2 Å². The van der Waals surface area contributed by atoms with Crippen LogP contribution in [0.5, 0.6) is 17.2 Å². The number of rotatable bonds is 4. The second-order valence-corrected chi connectivity index (χ2v) is 4.31. The maximum atomic E-state index is 11.8. The monoisotopic (exact) mass is 303 g/mol. The van der Waals surface area contributed by atoms with Gasteiger partial charge in [-0.25, -0.2) is 4.79 Å². The molecule has 114 valence electrons. The number of nitrogens with zero attached hydrogens (tertiary/aromatic N) is 1. The number of nitro benzene ring substituents is 1. The van der Waals surface area contributed by atoms with E-state index in [1.54, 1.807) is 31.2 Å². The van der Waals surface area contributed by atoms with Crippen LogP contribution in [0.15, 0.2) is 42.5 Å². The van der Waals surface area contributed by atoms with Crippen molar-refractivity contribution >= 4 is 11.8 Å². The van der Waals surface area contributed by atoms with Crippen molar-refractivity contribution < 1.29 is 23.9 Å². The molecule has 0 aromatic heterocycles. The van der Waals surface area contributed by atoms with Gasteiger partial charge < -0.3 is 14.2 Å². The van der Waals surface area contributed by atoms with E-state index in [0.717, 1.165) is 0 Å². The van der Waals surface area contributed by atoms with Crippen molar-refractivity contribution in [1.29, 1.82) is 0 Å². The number of hydrogen-bond donors (Lipinski definition) is 0. The number of carbonyl (C=O) groups excluding carboxylic acids is 1. The Morgan fingerprint density at radius 3 is 2.27 bits per heavy atom. The van der Waals surface area contributed by atoms with Gasteiger partial charge in [-0.05, 0) is 30.7 Å². The molecule has 0 radical (unpaired) electrons. The molecule has 0 saturated heterocycles. The number of nitro groups is 1. The molecule has 0 aliphatic rings. The molecular weight excluding hydrogens is 290 g/mol. The molecule has 2 aromatic carbocycles. The number of para-hydroxylation sites is 2. The first-order chi connectivity index (χ1) is 10.5. The first-order valence-electron chi connectivity index (χ1n) is 6.29. The van der Waals surface area contributed by atoms with Gasteiger partial charge in [0.05, 0.1) is 12.0 Å². The summed E-state index contributed by atoms with van der Waals surface area (Å²) < 4.78 is 15.2. The predicted octanol–water partition coefficient (Wildman–Crippen LogP) is 3.49. The second-order valence-electron chi connectivity index (χ2n) is 4.31. The highest BCUT2D eigenvalue weighted by Gasteiger charge is 2.15. The Labute approximate surface area is 126 Å². The Hall–Kier alpha value is -3.09. The number of benzene rings is 2. The topological polar surface area (TPSA) is 87.9 Å². The van der Waals surface area contributed by atoms with E-state index in [-0.39, 0.29) is 17.2 Å². The third-order valence-corrected chi connectivity index (χ3v) is 2.82. The minimum Gasteiger partial charge on any atom is -0.493 e. The fourth-order valence-corrected chi connectivity index (χ4v) is 1.77. The summed E-state index contributed by atoms with van der Waals surface area (Å²) in [6.07, 6.45) is -0.957. The summed E-state index contributed by atoms with van der Waals surface area (Å²) in [5.41, 5.74) is 0.370. The molecule has 0 aliphatic heterocycles. The molecule has 22 heavy (non-hydrogen) atoms. The highest BCUT2D eigenvalue weighted by atomic mass is 16.7. The zero-order chi connectivity index (χ0) is 16.1. The summed E-state index contributed by atoms with van der Waals surface area (Å²) >= 11 is 0. The minimum atomic E-state index is -0.957. The molecule has 0 N–H and O–H groups in total. The minimum absolute atomic E-state index is 0.0806. The zero-order valence-electron chi connectivity index (χ0n) is 11.9.